The summed E-state index contributed by atoms with van der Waals surface area (Å²) in [6.07, 6.45) is -0.995. The molecule has 1 aliphatic rings. The van der Waals surface area contributed by atoms with Crippen molar-refractivity contribution in [3.63, 3.8) is 0 Å². The van der Waals surface area contributed by atoms with Crippen LogP contribution in [0.5, 0.6) is 0 Å². The van der Waals surface area contributed by atoms with Gasteiger partial charge in [0.2, 0.25) is 11.8 Å². The molecule has 4 rings (SSSR count). The molecule has 0 bridgehead atoms. The Labute approximate surface area is 166 Å². The van der Waals surface area contributed by atoms with Crippen molar-refractivity contribution in [2.75, 3.05) is 19.7 Å². The Hall–Kier alpha value is -3.52. The Morgan fingerprint density at radius 3 is 2.17 bits per heavy atom. The number of hydrogen-bond acceptors (Lipinski definition) is 6. The molecule has 2 aromatic carbocycles. The van der Waals surface area contributed by atoms with E-state index in [0.29, 0.717) is 29.5 Å². The van der Waals surface area contributed by atoms with Crippen LogP contribution in [-0.4, -0.2) is 57.9 Å². The van der Waals surface area contributed by atoms with Crippen LogP contribution in [0.15, 0.2) is 52.9 Å². The number of carbonyl (C=O) groups excluding carboxylic acids is 1. The lowest BCUT2D eigenvalue weighted by Gasteiger charge is -2.30. The highest BCUT2D eigenvalue weighted by Gasteiger charge is 2.29. The highest BCUT2D eigenvalue weighted by molar-refractivity contribution is 5.95. The zero-order chi connectivity index (χ0) is 20.4. The van der Waals surface area contributed by atoms with Crippen molar-refractivity contribution in [1.82, 2.24) is 15.1 Å². The number of benzene rings is 2. The maximum Gasteiger partial charge on any atom is 0.334 e. The second-order valence-electron chi connectivity index (χ2n) is 6.80. The van der Waals surface area contributed by atoms with E-state index in [1.165, 1.54) is 4.90 Å². The van der Waals surface area contributed by atoms with Crippen molar-refractivity contribution in [2.45, 2.75) is 13.0 Å². The molecule has 0 spiro atoms. The molecule has 1 saturated heterocycles. The van der Waals surface area contributed by atoms with Gasteiger partial charge in [-0.3, -0.25) is 4.79 Å². The Morgan fingerprint density at radius 2 is 1.59 bits per heavy atom. The maximum absolute atomic E-state index is 12.7. The van der Waals surface area contributed by atoms with Gasteiger partial charge < -0.3 is 19.2 Å². The van der Waals surface area contributed by atoms with E-state index in [0.717, 1.165) is 11.1 Å². The normalized spacial score (nSPS) is 16.6. The Balaban J connectivity index is 1.49. The number of amides is 1. The Kier molecular flexibility index (Phi) is 5.09. The molecule has 1 N–H and O–H groups in total. The number of carboxylic acid groups (broad SMARTS) is 1. The summed E-state index contributed by atoms with van der Waals surface area (Å²) in [5.74, 6) is -0.527. The van der Waals surface area contributed by atoms with Crippen molar-refractivity contribution in [3.8, 4) is 22.9 Å². The molecule has 1 atom stereocenters. The molecular formula is C21H19N3O5. The van der Waals surface area contributed by atoms with E-state index in [-0.39, 0.29) is 19.1 Å². The molecule has 1 amide bonds. The molecule has 1 fully saturated rings. The van der Waals surface area contributed by atoms with Crippen molar-refractivity contribution >= 4 is 11.9 Å². The van der Waals surface area contributed by atoms with E-state index in [2.05, 4.69) is 10.2 Å². The summed E-state index contributed by atoms with van der Waals surface area (Å²) >= 11 is 0. The number of nitrogens with zero attached hydrogens (tertiary/aromatic N) is 3. The second kappa shape index (κ2) is 7.84. The second-order valence-corrected chi connectivity index (χ2v) is 6.80. The molecule has 3 aromatic rings. The Morgan fingerprint density at radius 1 is 1.00 bits per heavy atom. The molecule has 0 radical (unpaired) electrons. The number of carboxylic acids is 1. The molecule has 1 aromatic heterocycles. The quantitative estimate of drug-likeness (QED) is 0.726. The molecule has 2 heterocycles. The molecule has 29 heavy (non-hydrogen) atoms. The number of aliphatic carboxylic acids is 1. The summed E-state index contributed by atoms with van der Waals surface area (Å²) < 4.78 is 10.9. The summed E-state index contributed by atoms with van der Waals surface area (Å²) in [4.78, 5) is 25.2. The van der Waals surface area contributed by atoms with E-state index >= 15 is 0 Å². The minimum atomic E-state index is -1.07. The predicted octanol–water partition coefficient (Wildman–Crippen LogP) is 2.64. The molecule has 0 saturated carbocycles. The van der Waals surface area contributed by atoms with Crippen molar-refractivity contribution in [2.24, 2.45) is 0 Å². The van der Waals surface area contributed by atoms with Gasteiger partial charge in [0.25, 0.3) is 5.91 Å². The standard InChI is InChI=1S/C21H19N3O5/c1-13-2-4-14(5-3-13)18-22-23-19(29-18)15-6-8-16(9-7-15)20(25)24-10-11-28-17(12-24)21(26)27/h2-9,17H,10-12H2,1H3,(H,26,27)/t17-/m0/s1. The van der Waals surface area contributed by atoms with Gasteiger partial charge >= 0.3 is 5.97 Å². The first-order valence-electron chi connectivity index (χ1n) is 9.16. The topological polar surface area (TPSA) is 106 Å². The van der Waals surface area contributed by atoms with Crippen LogP contribution in [-0.2, 0) is 9.53 Å². The molecule has 1 aliphatic heterocycles. The number of carbonyl (C=O) groups is 2. The number of rotatable bonds is 4. The van der Waals surface area contributed by atoms with Gasteiger partial charge in [-0.1, -0.05) is 17.7 Å². The van der Waals surface area contributed by atoms with Crippen LogP contribution < -0.4 is 0 Å². The van der Waals surface area contributed by atoms with Crippen LogP contribution in [0.1, 0.15) is 15.9 Å². The zero-order valence-corrected chi connectivity index (χ0v) is 15.7. The van der Waals surface area contributed by atoms with Gasteiger partial charge in [-0.25, -0.2) is 4.79 Å². The first-order chi connectivity index (χ1) is 14.0. The van der Waals surface area contributed by atoms with Crippen LogP contribution in [0.25, 0.3) is 22.9 Å². The first kappa shape index (κ1) is 18.8. The molecule has 148 valence electrons. The fourth-order valence-corrected chi connectivity index (χ4v) is 3.07. The van der Waals surface area contributed by atoms with E-state index < -0.39 is 12.1 Å². The largest absolute Gasteiger partial charge is 0.479 e. The fraction of sp³-hybridized carbons (Fsp3) is 0.238. The molecule has 8 nitrogen and oxygen atoms in total. The van der Waals surface area contributed by atoms with Gasteiger partial charge in [0.15, 0.2) is 6.10 Å². The SMILES string of the molecule is Cc1ccc(-c2nnc(-c3ccc(C(=O)N4CCO[C@H](C(=O)O)C4)cc3)o2)cc1. The third kappa shape index (κ3) is 4.02. The van der Waals surface area contributed by atoms with E-state index in [1.54, 1.807) is 24.3 Å². The molecule has 0 unspecified atom stereocenters. The molecular weight excluding hydrogens is 374 g/mol. The number of aromatic nitrogens is 2. The van der Waals surface area contributed by atoms with Gasteiger partial charge in [0.1, 0.15) is 0 Å². The molecule has 0 aliphatic carbocycles. The van der Waals surface area contributed by atoms with Crippen LogP contribution in [0.3, 0.4) is 0 Å². The lowest BCUT2D eigenvalue weighted by atomic mass is 10.1. The first-order valence-corrected chi connectivity index (χ1v) is 9.16. The smallest absolute Gasteiger partial charge is 0.334 e. The van der Waals surface area contributed by atoms with Crippen LogP contribution in [0, 0.1) is 6.92 Å². The highest BCUT2D eigenvalue weighted by atomic mass is 16.5. The van der Waals surface area contributed by atoms with Gasteiger partial charge in [0, 0.05) is 23.2 Å². The summed E-state index contributed by atoms with van der Waals surface area (Å²) in [6, 6.07) is 14.6. The number of ether oxygens (including phenoxy) is 1. The molecule has 8 heteroatoms. The van der Waals surface area contributed by atoms with Crippen molar-refractivity contribution in [3.05, 3.63) is 59.7 Å². The van der Waals surface area contributed by atoms with E-state index in [9.17, 15) is 9.59 Å². The third-order valence-electron chi connectivity index (χ3n) is 4.73. The lowest BCUT2D eigenvalue weighted by molar-refractivity contribution is -0.154. The minimum absolute atomic E-state index is 0.0273. The van der Waals surface area contributed by atoms with E-state index in [4.69, 9.17) is 14.3 Å². The number of morpholine rings is 1. The van der Waals surface area contributed by atoms with Gasteiger partial charge in [0.05, 0.1) is 13.2 Å². The fourth-order valence-electron chi connectivity index (χ4n) is 3.07. The minimum Gasteiger partial charge on any atom is -0.479 e. The average Bonchev–Trinajstić information content (AvgIpc) is 3.24. The predicted molar refractivity (Wildman–Crippen MR) is 103 cm³/mol. The van der Waals surface area contributed by atoms with Gasteiger partial charge in [-0.2, -0.15) is 0 Å². The van der Waals surface area contributed by atoms with E-state index in [1.807, 2.05) is 31.2 Å². The van der Waals surface area contributed by atoms with Crippen LogP contribution >= 0.6 is 0 Å². The third-order valence-corrected chi connectivity index (χ3v) is 4.73. The summed E-state index contributed by atoms with van der Waals surface area (Å²) in [6.45, 7) is 2.59. The number of hydrogen-bond donors (Lipinski definition) is 1. The van der Waals surface area contributed by atoms with Gasteiger partial charge in [-0.05, 0) is 43.3 Å². The maximum atomic E-state index is 12.7. The van der Waals surface area contributed by atoms with Crippen molar-refractivity contribution < 1.29 is 23.8 Å². The monoisotopic (exact) mass is 393 g/mol. The summed E-state index contributed by atoms with van der Waals surface area (Å²) in [5, 5.41) is 17.3. The average molecular weight is 393 g/mol. The number of aryl methyl sites for hydroxylation is 1. The van der Waals surface area contributed by atoms with Gasteiger partial charge in [-0.15, -0.1) is 10.2 Å². The van der Waals surface area contributed by atoms with Crippen LogP contribution in [0.2, 0.25) is 0 Å². The summed E-state index contributed by atoms with van der Waals surface area (Å²) in [7, 11) is 0. The zero-order valence-electron chi connectivity index (χ0n) is 15.7. The highest BCUT2D eigenvalue weighted by Crippen LogP contribution is 2.24. The lowest BCUT2D eigenvalue weighted by Crippen LogP contribution is -2.48. The van der Waals surface area contributed by atoms with Crippen molar-refractivity contribution in [1.29, 1.82) is 0 Å². The Bertz CT molecular complexity index is 1030. The summed E-state index contributed by atoms with van der Waals surface area (Å²) in [5.41, 5.74) is 3.13. The van der Waals surface area contributed by atoms with Crippen LogP contribution in [0.4, 0.5) is 0 Å².